The maximum absolute atomic E-state index is 2.61. The van der Waals surface area contributed by atoms with Crippen molar-refractivity contribution in [2.75, 3.05) is 22.9 Å². The smallest absolute Gasteiger partial charge is 0.210 e. The highest BCUT2D eigenvalue weighted by Crippen LogP contribution is 2.51. The molecule has 6 aromatic rings. The number of para-hydroxylation sites is 2. The first-order valence-electron chi connectivity index (χ1n) is 20.7. The molecule has 1 aliphatic carbocycles. The summed E-state index contributed by atoms with van der Waals surface area (Å²) < 4.78 is 2.55. The number of likely N-dealkylation sites (N-methyl/N-ethyl adjacent to an activating group) is 1. The molecule has 280 valence electrons. The van der Waals surface area contributed by atoms with Crippen LogP contribution in [0.25, 0.3) is 21.5 Å². The van der Waals surface area contributed by atoms with E-state index in [0.29, 0.717) is 5.92 Å². The van der Waals surface area contributed by atoms with Crippen molar-refractivity contribution in [2.24, 2.45) is 5.92 Å². The van der Waals surface area contributed by atoms with Gasteiger partial charge >= 0.3 is 0 Å². The molecule has 0 bridgehead atoms. The zero-order chi connectivity index (χ0) is 38.6. The third-order valence-electron chi connectivity index (χ3n) is 13.0. The zero-order valence-corrected chi connectivity index (χ0v) is 33.8. The van der Waals surface area contributed by atoms with Gasteiger partial charge in [-0.25, -0.2) is 0 Å². The summed E-state index contributed by atoms with van der Waals surface area (Å²) in [4.78, 5) is 5.15. The van der Waals surface area contributed by atoms with Crippen molar-refractivity contribution >= 4 is 50.0 Å². The first kappa shape index (κ1) is 36.0. The molecule has 1 saturated carbocycles. The van der Waals surface area contributed by atoms with Gasteiger partial charge in [-0.3, -0.25) is 0 Å². The molecule has 6 aromatic carbocycles. The lowest BCUT2D eigenvalue weighted by Gasteiger charge is -2.35. The molecule has 9 rings (SSSR count). The number of rotatable bonds is 8. The Bertz CT molecular complexity index is 2530. The molecule has 0 aromatic heterocycles. The van der Waals surface area contributed by atoms with E-state index in [2.05, 4.69) is 214 Å². The topological polar surface area (TPSA) is 9.49 Å². The van der Waals surface area contributed by atoms with Gasteiger partial charge in [-0.1, -0.05) is 117 Å². The molecular weight excluding hydrogens is 679 g/mol. The normalized spacial score (nSPS) is 21.2. The molecule has 0 N–H and O–H groups in total. The van der Waals surface area contributed by atoms with E-state index in [0.717, 1.165) is 25.9 Å². The van der Waals surface area contributed by atoms with E-state index in [1.807, 2.05) is 0 Å². The van der Waals surface area contributed by atoms with Gasteiger partial charge in [-0.05, 0) is 116 Å². The number of hydrogen-bond donors (Lipinski definition) is 0. The van der Waals surface area contributed by atoms with Crippen molar-refractivity contribution < 1.29 is 4.58 Å². The molecule has 0 amide bonds. The van der Waals surface area contributed by atoms with Crippen LogP contribution in [0, 0.1) is 5.92 Å². The summed E-state index contributed by atoms with van der Waals surface area (Å²) >= 11 is 0. The van der Waals surface area contributed by atoms with Gasteiger partial charge in [0, 0.05) is 58.3 Å². The maximum Gasteiger partial charge on any atom is 0.210 e. The molecule has 0 saturated heterocycles. The van der Waals surface area contributed by atoms with Crippen LogP contribution in [-0.2, 0) is 10.8 Å². The SMILES string of the molecule is CCN1/C(=C/C=C2\CCC(/C=C/C3=[N+](CC)c4ccc5ccccc5c4C3(C)C)C2N(c2ccccc2)c2ccccc2)C(C)(C)c2c1ccc1ccccc21. The van der Waals surface area contributed by atoms with Crippen molar-refractivity contribution in [2.45, 2.75) is 71.3 Å². The number of anilines is 3. The molecule has 2 atom stereocenters. The summed E-state index contributed by atoms with van der Waals surface area (Å²) in [5, 5.41) is 5.34. The van der Waals surface area contributed by atoms with Crippen LogP contribution in [0.15, 0.2) is 169 Å². The minimum Gasteiger partial charge on any atom is -0.344 e. The third-order valence-corrected chi connectivity index (χ3v) is 13.0. The fourth-order valence-electron chi connectivity index (χ4n) is 10.5. The second-order valence-corrected chi connectivity index (χ2v) is 16.8. The molecule has 3 aliphatic rings. The first-order chi connectivity index (χ1) is 27.2. The molecule has 56 heavy (non-hydrogen) atoms. The standard InChI is InChI=1S/C53H54N3/c1-7-54-45-33-29-37-19-15-17-25-43(37)49(45)52(3,4)47(54)35-31-39-27-28-40(51(39)56(41-21-11-9-12-22-41)42-23-13-10-14-24-42)32-36-48-53(5,6)50-44-26-18-16-20-38(44)30-34-46(50)55(48)8-2/h9-26,29-36,39,51H,7-8,27-28H2,1-6H3/q+1/b35-31+,40-32+,48-36+. The van der Waals surface area contributed by atoms with Crippen molar-refractivity contribution in [3.8, 4) is 0 Å². The Morgan fingerprint density at radius 1 is 0.661 bits per heavy atom. The van der Waals surface area contributed by atoms with Crippen molar-refractivity contribution in [3.05, 3.63) is 180 Å². The van der Waals surface area contributed by atoms with Crippen LogP contribution in [0.5, 0.6) is 0 Å². The van der Waals surface area contributed by atoms with Gasteiger partial charge in [0.1, 0.15) is 6.54 Å². The highest BCUT2D eigenvalue weighted by atomic mass is 15.2. The van der Waals surface area contributed by atoms with E-state index < -0.39 is 0 Å². The van der Waals surface area contributed by atoms with Gasteiger partial charge in [0.2, 0.25) is 5.69 Å². The van der Waals surface area contributed by atoms with Crippen LogP contribution in [-0.4, -0.2) is 29.4 Å². The minimum atomic E-state index is -0.136. The lowest BCUT2D eigenvalue weighted by molar-refractivity contribution is -0.433. The molecule has 2 unspecified atom stereocenters. The Hall–Kier alpha value is -5.67. The number of nitrogens with zero attached hydrogens (tertiary/aromatic N) is 3. The lowest BCUT2D eigenvalue weighted by Crippen LogP contribution is -2.35. The molecule has 0 spiro atoms. The summed E-state index contributed by atoms with van der Waals surface area (Å²) in [5.41, 5.74) is 12.0. The average molecular weight is 733 g/mol. The van der Waals surface area contributed by atoms with E-state index >= 15 is 0 Å². The van der Waals surface area contributed by atoms with E-state index in [1.54, 1.807) is 0 Å². The van der Waals surface area contributed by atoms with E-state index in [4.69, 9.17) is 0 Å². The largest absolute Gasteiger partial charge is 0.344 e. The Labute approximate surface area is 333 Å². The van der Waals surface area contributed by atoms with Gasteiger partial charge in [-0.2, -0.15) is 4.58 Å². The van der Waals surface area contributed by atoms with E-state index in [9.17, 15) is 0 Å². The summed E-state index contributed by atoms with van der Waals surface area (Å²) in [6.07, 6.45) is 12.2. The Kier molecular flexibility index (Phi) is 9.08. The highest BCUT2D eigenvalue weighted by molar-refractivity contribution is 6.07. The van der Waals surface area contributed by atoms with Crippen LogP contribution in [0.1, 0.15) is 65.5 Å². The van der Waals surface area contributed by atoms with Gasteiger partial charge < -0.3 is 9.80 Å². The molecule has 2 aliphatic heterocycles. The van der Waals surface area contributed by atoms with Crippen LogP contribution in [0.2, 0.25) is 0 Å². The minimum absolute atomic E-state index is 0.130. The number of fused-ring (bicyclic) bond motifs is 6. The summed E-state index contributed by atoms with van der Waals surface area (Å²) in [6, 6.07) is 49.3. The fraction of sp³-hybridized carbons (Fsp3) is 0.264. The average Bonchev–Trinajstić information content (AvgIpc) is 3.80. The van der Waals surface area contributed by atoms with E-state index in [-0.39, 0.29) is 16.9 Å². The van der Waals surface area contributed by atoms with Gasteiger partial charge in [0.25, 0.3) is 0 Å². The first-order valence-corrected chi connectivity index (χ1v) is 20.7. The Morgan fingerprint density at radius 2 is 1.25 bits per heavy atom. The number of allylic oxidation sites excluding steroid dienone is 4. The van der Waals surface area contributed by atoms with Crippen LogP contribution < -0.4 is 9.80 Å². The molecule has 1 fully saturated rings. The van der Waals surface area contributed by atoms with Gasteiger partial charge in [0.05, 0.1) is 11.5 Å². The molecule has 0 radical (unpaired) electrons. The fourth-order valence-corrected chi connectivity index (χ4v) is 10.5. The monoisotopic (exact) mass is 732 g/mol. The van der Waals surface area contributed by atoms with E-state index in [1.165, 1.54) is 72.4 Å². The second kappa shape index (κ2) is 14.1. The molecule has 2 heterocycles. The van der Waals surface area contributed by atoms with Crippen molar-refractivity contribution in [3.63, 3.8) is 0 Å². The zero-order valence-electron chi connectivity index (χ0n) is 33.8. The van der Waals surface area contributed by atoms with Gasteiger partial charge in [-0.15, -0.1) is 0 Å². The number of benzene rings is 6. The maximum atomic E-state index is 2.61. The summed E-state index contributed by atoms with van der Waals surface area (Å²) in [6.45, 7) is 16.1. The van der Waals surface area contributed by atoms with Crippen molar-refractivity contribution in [1.82, 2.24) is 0 Å². The van der Waals surface area contributed by atoms with Crippen LogP contribution in [0.3, 0.4) is 0 Å². The Morgan fingerprint density at radius 3 is 1.88 bits per heavy atom. The van der Waals surface area contributed by atoms with Crippen molar-refractivity contribution in [1.29, 1.82) is 0 Å². The Balaban J connectivity index is 1.17. The molecule has 3 heteroatoms. The summed E-state index contributed by atoms with van der Waals surface area (Å²) in [5.74, 6) is 0.308. The number of hydrogen-bond acceptors (Lipinski definition) is 2. The predicted molar refractivity (Wildman–Crippen MR) is 239 cm³/mol. The van der Waals surface area contributed by atoms with Crippen LogP contribution in [0.4, 0.5) is 22.7 Å². The summed E-state index contributed by atoms with van der Waals surface area (Å²) in [7, 11) is 0. The predicted octanol–water partition coefficient (Wildman–Crippen LogP) is 13.2. The lowest BCUT2D eigenvalue weighted by atomic mass is 9.78. The second-order valence-electron chi connectivity index (χ2n) is 16.8. The molecular formula is C53H54N3+. The quantitative estimate of drug-likeness (QED) is 0.144. The van der Waals surface area contributed by atoms with Crippen LogP contribution >= 0.6 is 0 Å². The highest BCUT2D eigenvalue weighted by Gasteiger charge is 2.46. The van der Waals surface area contributed by atoms with Gasteiger partial charge in [0.15, 0.2) is 5.71 Å². The third kappa shape index (κ3) is 5.74. The molecule has 3 nitrogen and oxygen atoms in total.